The van der Waals surface area contributed by atoms with Crippen molar-refractivity contribution in [1.82, 2.24) is 0 Å². The van der Waals surface area contributed by atoms with E-state index in [4.69, 9.17) is 4.74 Å². The van der Waals surface area contributed by atoms with Gasteiger partial charge in [0.15, 0.2) is 5.78 Å². The lowest BCUT2D eigenvalue weighted by atomic mass is 9.59. The first-order valence-corrected chi connectivity index (χ1v) is 8.12. The Labute approximate surface area is 125 Å². The number of ketones is 1. The van der Waals surface area contributed by atoms with Gasteiger partial charge in [0, 0.05) is 18.3 Å². The minimum absolute atomic E-state index is 0.0402. The second kappa shape index (κ2) is 4.08. The molecular formula is C18H22O3. The Kier molecular flexibility index (Phi) is 2.59. The van der Waals surface area contributed by atoms with Crippen LogP contribution in [0.1, 0.15) is 52.4 Å². The van der Waals surface area contributed by atoms with Crippen molar-refractivity contribution in [2.45, 2.75) is 58.0 Å². The highest BCUT2D eigenvalue weighted by Gasteiger charge is 2.63. The van der Waals surface area contributed by atoms with Gasteiger partial charge in [-0.25, -0.2) is 0 Å². The molecule has 21 heavy (non-hydrogen) atoms. The van der Waals surface area contributed by atoms with Crippen LogP contribution in [-0.2, 0) is 14.3 Å². The van der Waals surface area contributed by atoms with Gasteiger partial charge in [-0.15, -0.1) is 0 Å². The van der Waals surface area contributed by atoms with E-state index in [1.807, 2.05) is 6.92 Å². The summed E-state index contributed by atoms with van der Waals surface area (Å²) in [6, 6.07) is 0. The fourth-order valence-electron chi connectivity index (χ4n) is 5.37. The van der Waals surface area contributed by atoms with Crippen molar-refractivity contribution in [3.05, 3.63) is 23.3 Å². The van der Waals surface area contributed by atoms with Crippen molar-refractivity contribution >= 4 is 11.8 Å². The fourth-order valence-corrected chi connectivity index (χ4v) is 5.37. The molecule has 4 atom stereocenters. The third-order valence-electron chi connectivity index (χ3n) is 6.68. The predicted molar refractivity (Wildman–Crippen MR) is 78.5 cm³/mol. The predicted octanol–water partition coefficient (Wildman–Crippen LogP) is 3.34. The minimum atomic E-state index is -0.286. The van der Waals surface area contributed by atoms with Gasteiger partial charge in [-0.3, -0.25) is 9.59 Å². The van der Waals surface area contributed by atoms with Crippen LogP contribution >= 0.6 is 0 Å². The number of allylic oxidation sites excluding steroid dienone is 3. The number of ether oxygens (including phenoxy) is 1. The second-order valence-corrected chi connectivity index (χ2v) is 7.38. The van der Waals surface area contributed by atoms with Crippen LogP contribution in [0.25, 0.3) is 0 Å². The van der Waals surface area contributed by atoms with Crippen LogP contribution < -0.4 is 0 Å². The molecule has 0 aromatic heterocycles. The van der Waals surface area contributed by atoms with Crippen molar-refractivity contribution in [2.75, 3.05) is 0 Å². The highest BCUT2D eigenvalue weighted by atomic mass is 16.6. The summed E-state index contributed by atoms with van der Waals surface area (Å²) in [5, 5.41) is 0. The van der Waals surface area contributed by atoms with E-state index in [9.17, 15) is 9.59 Å². The van der Waals surface area contributed by atoms with Gasteiger partial charge in [0.2, 0.25) is 0 Å². The zero-order valence-electron chi connectivity index (χ0n) is 12.8. The Bertz CT molecular complexity index is 600. The molecule has 1 spiro atoms. The SMILES string of the molecule is CC1=C2C=CC3(C)C(CCC34CCC(=O)O4)C2CCC1=O. The third-order valence-corrected chi connectivity index (χ3v) is 6.68. The molecule has 3 heteroatoms. The van der Waals surface area contributed by atoms with Crippen molar-refractivity contribution in [2.24, 2.45) is 17.3 Å². The highest BCUT2D eigenvalue weighted by Crippen LogP contribution is 2.63. The van der Waals surface area contributed by atoms with Crippen LogP contribution in [-0.4, -0.2) is 17.4 Å². The number of carbonyl (C=O) groups is 2. The number of Topliss-reactive ketones (excluding diaryl/α,β-unsaturated/α-hetero) is 1. The summed E-state index contributed by atoms with van der Waals surface area (Å²) in [5.41, 5.74) is 1.85. The molecule has 4 rings (SSSR count). The average molecular weight is 286 g/mol. The lowest BCUT2D eigenvalue weighted by Crippen LogP contribution is -2.47. The van der Waals surface area contributed by atoms with Crippen molar-refractivity contribution in [3.8, 4) is 0 Å². The molecule has 0 radical (unpaired) electrons. The molecule has 1 aliphatic heterocycles. The molecule has 4 unspecified atom stereocenters. The molecule has 1 saturated carbocycles. The Hall–Kier alpha value is -1.38. The standard InChI is InChI=1S/C18H22O3/c1-11-12-5-8-17(2)14(13(12)3-4-15(11)19)6-9-18(17)10-7-16(20)21-18/h5,8,13-14H,3-4,6-7,9-10H2,1-2H3. The van der Waals surface area contributed by atoms with Gasteiger partial charge in [0.1, 0.15) is 5.60 Å². The summed E-state index contributed by atoms with van der Waals surface area (Å²) in [7, 11) is 0. The number of hydrogen-bond donors (Lipinski definition) is 0. The first kappa shape index (κ1) is 13.3. The van der Waals surface area contributed by atoms with E-state index in [1.54, 1.807) is 0 Å². The van der Waals surface area contributed by atoms with Crippen LogP contribution in [0.5, 0.6) is 0 Å². The van der Waals surface area contributed by atoms with Crippen molar-refractivity contribution in [1.29, 1.82) is 0 Å². The quantitative estimate of drug-likeness (QED) is 0.641. The van der Waals surface area contributed by atoms with E-state index in [1.165, 1.54) is 5.57 Å². The Balaban J connectivity index is 1.80. The average Bonchev–Trinajstić information content (AvgIpc) is 2.97. The topological polar surface area (TPSA) is 43.4 Å². The fraction of sp³-hybridized carbons (Fsp3) is 0.667. The summed E-state index contributed by atoms with van der Waals surface area (Å²) in [4.78, 5) is 23.7. The second-order valence-electron chi connectivity index (χ2n) is 7.38. The van der Waals surface area contributed by atoms with E-state index in [-0.39, 0.29) is 17.0 Å². The maximum atomic E-state index is 12.0. The van der Waals surface area contributed by atoms with E-state index < -0.39 is 0 Å². The summed E-state index contributed by atoms with van der Waals surface area (Å²) in [6.07, 6.45) is 9.52. The Morgan fingerprint density at radius 1 is 1.19 bits per heavy atom. The zero-order valence-corrected chi connectivity index (χ0v) is 12.8. The van der Waals surface area contributed by atoms with Gasteiger partial charge in [0.25, 0.3) is 0 Å². The molecular weight excluding hydrogens is 264 g/mol. The van der Waals surface area contributed by atoms with Crippen LogP contribution in [0.3, 0.4) is 0 Å². The summed E-state index contributed by atoms with van der Waals surface area (Å²) >= 11 is 0. The zero-order chi connectivity index (χ0) is 14.8. The van der Waals surface area contributed by atoms with Gasteiger partial charge in [-0.05, 0) is 55.6 Å². The van der Waals surface area contributed by atoms with E-state index >= 15 is 0 Å². The van der Waals surface area contributed by atoms with Crippen molar-refractivity contribution < 1.29 is 14.3 Å². The molecule has 1 saturated heterocycles. The maximum absolute atomic E-state index is 12.0. The molecule has 0 N–H and O–H groups in total. The largest absolute Gasteiger partial charge is 0.458 e. The van der Waals surface area contributed by atoms with Crippen molar-refractivity contribution in [3.63, 3.8) is 0 Å². The first-order valence-electron chi connectivity index (χ1n) is 8.12. The van der Waals surface area contributed by atoms with Crippen LogP contribution in [0, 0.1) is 17.3 Å². The highest BCUT2D eigenvalue weighted by molar-refractivity contribution is 5.97. The molecule has 0 bridgehead atoms. The van der Waals surface area contributed by atoms with Gasteiger partial charge < -0.3 is 4.74 Å². The number of carbonyl (C=O) groups excluding carboxylic acids is 2. The molecule has 2 fully saturated rings. The summed E-state index contributed by atoms with van der Waals surface area (Å²) in [5.74, 6) is 1.24. The molecule has 1 heterocycles. The maximum Gasteiger partial charge on any atom is 0.306 e. The molecule has 0 aromatic rings. The molecule has 112 valence electrons. The first-order chi connectivity index (χ1) is 9.97. The van der Waals surface area contributed by atoms with E-state index in [0.29, 0.717) is 30.5 Å². The Morgan fingerprint density at radius 2 is 2.00 bits per heavy atom. The van der Waals surface area contributed by atoms with Crippen LogP contribution in [0.4, 0.5) is 0 Å². The number of hydrogen-bond acceptors (Lipinski definition) is 3. The van der Waals surface area contributed by atoms with E-state index in [0.717, 1.165) is 31.3 Å². The molecule has 0 amide bonds. The molecule has 3 nitrogen and oxygen atoms in total. The van der Waals surface area contributed by atoms with Gasteiger partial charge in [-0.1, -0.05) is 19.1 Å². The minimum Gasteiger partial charge on any atom is -0.458 e. The van der Waals surface area contributed by atoms with Crippen LogP contribution in [0.15, 0.2) is 23.3 Å². The molecule has 0 aromatic carbocycles. The summed E-state index contributed by atoms with van der Waals surface area (Å²) < 4.78 is 5.84. The number of esters is 1. The summed E-state index contributed by atoms with van der Waals surface area (Å²) in [6.45, 7) is 4.24. The van der Waals surface area contributed by atoms with Gasteiger partial charge in [0.05, 0.1) is 0 Å². The number of rotatable bonds is 0. The lowest BCUT2D eigenvalue weighted by molar-refractivity contribution is -0.156. The molecule has 3 aliphatic carbocycles. The third kappa shape index (κ3) is 1.55. The number of fused-ring (bicyclic) bond motifs is 4. The smallest absolute Gasteiger partial charge is 0.306 e. The molecule has 4 aliphatic rings. The monoisotopic (exact) mass is 286 g/mol. The van der Waals surface area contributed by atoms with Gasteiger partial charge >= 0.3 is 5.97 Å². The normalized spacial score (nSPS) is 45.0. The van der Waals surface area contributed by atoms with Crippen LogP contribution in [0.2, 0.25) is 0 Å². The van der Waals surface area contributed by atoms with E-state index in [2.05, 4.69) is 19.1 Å². The Morgan fingerprint density at radius 3 is 2.71 bits per heavy atom. The lowest BCUT2D eigenvalue weighted by Gasteiger charge is -2.47. The van der Waals surface area contributed by atoms with Gasteiger partial charge in [-0.2, -0.15) is 0 Å².